The molecular formula is C19H22N4O. The van der Waals surface area contributed by atoms with Crippen molar-refractivity contribution in [2.45, 2.75) is 19.3 Å². The molecule has 0 saturated heterocycles. The summed E-state index contributed by atoms with van der Waals surface area (Å²) in [5.41, 5.74) is 7.09. The van der Waals surface area contributed by atoms with Crippen molar-refractivity contribution >= 4 is 16.8 Å². The number of hydrazine groups is 1. The van der Waals surface area contributed by atoms with Gasteiger partial charge < -0.3 is 4.98 Å². The highest BCUT2D eigenvalue weighted by Crippen LogP contribution is 2.30. The third-order valence-corrected chi connectivity index (χ3v) is 3.91. The third-order valence-electron chi connectivity index (χ3n) is 3.91. The maximum atomic E-state index is 11.8. The highest BCUT2D eigenvalue weighted by atomic mass is 16.2. The van der Waals surface area contributed by atoms with E-state index in [2.05, 4.69) is 27.5 Å². The molecule has 0 radical (unpaired) electrons. The lowest BCUT2D eigenvalue weighted by molar-refractivity contribution is -0.124. The molecule has 0 aliphatic heterocycles. The van der Waals surface area contributed by atoms with Gasteiger partial charge in [0.05, 0.1) is 11.4 Å². The lowest BCUT2D eigenvalue weighted by Crippen LogP contribution is -2.35. The van der Waals surface area contributed by atoms with Crippen LogP contribution in [0.25, 0.3) is 22.3 Å². The number of aryl methyl sites for hydroxylation is 1. The van der Waals surface area contributed by atoms with Gasteiger partial charge >= 0.3 is 0 Å². The first-order valence-corrected chi connectivity index (χ1v) is 8.13. The number of rotatable bonds is 6. The summed E-state index contributed by atoms with van der Waals surface area (Å²) in [6.45, 7) is 0. The lowest BCUT2D eigenvalue weighted by atomic mass is 10.0. The molecule has 1 aromatic carbocycles. The molecule has 5 heteroatoms. The summed E-state index contributed by atoms with van der Waals surface area (Å²) < 4.78 is 0. The summed E-state index contributed by atoms with van der Waals surface area (Å²) in [7, 11) is 3.63. The lowest BCUT2D eigenvalue weighted by Gasteiger charge is -2.11. The molecule has 0 saturated carbocycles. The summed E-state index contributed by atoms with van der Waals surface area (Å²) in [5, 5.41) is 2.87. The maximum Gasteiger partial charge on any atom is 0.234 e. The summed E-state index contributed by atoms with van der Waals surface area (Å²) in [5.74, 6) is 0.0410. The number of amides is 1. The number of nitrogens with zero attached hydrogens (tertiary/aromatic N) is 2. The summed E-state index contributed by atoms with van der Waals surface area (Å²) in [6.07, 6.45) is 3.92. The minimum Gasteiger partial charge on any atom is -0.353 e. The van der Waals surface area contributed by atoms with Crippen LogP contribution in [-0.4, -0.2) is 35.0 Å². The average Bonchev–Trinajstić information content (AvgIpc) is 2.94. The van der Waals surface area contributed by atoms with Crippen LogP contribution in [0.5, 0.6) is 0 Å². The monoisotopic (exact) mass is 322 g/mol. The van der Waals surface area contributed by atoms with Gasteiger partial charge in [-0.2, -0.15) is 0 Å². The number of nitrogens with one attached hydrogen (secondary N) is 2. The van der Waals surface area contributed by atoms with E-state index in [-0.39, 0.29) is 5.91 Å². The Morgan fingerprint density at radius 2 is 1.96 bits per heavy atom. The third kappa shape index (κ3) is 3.63. The van der Waals surface area contributed by atoms with Crippen LogP contribution in [0.2, 0.25) is 0 Å². The predicted octanol–water partition coefficient (Wildman–Crippen LogP) is 3.15. The number of para-hydroxylation sites is 1. The molecule has 0 atom stereocenters. The number of aromatic nitrogens is 2. The molecule has 3 rings (SSSR count). The molecule has 2 aromatic heterocycles. The number of pyridine rings is 1. The Morgan fingerprint density at radius 3 is 2.71 bits per heavy atom. The molecule has 0 spiro atoms. The Morgan fingerprint density at radius 1 is 1.17 bits per heavy atom. The van der Waals surface area contributed by atoms with Crippen molar-refractivity contribution in [1.29, 1.82) is 0 Å². The van der Waals surface area contributed by atoms with Gasteiger partial charge in [0, 0.05) is 37.6 Å². The fourth-order valence-corrected chi connectivity index (χ4v) is 2.92. The minimum absolute atomic E-state index is 0.0410. The normalized spacial score (nSPS) is 11.1. The molecule has 0 aliphatic carbocycles. The molecule has 24 heavy (non-hydrogen) atoms. The number of fused-ring (bicyclic) bond motifs is 1. The van der Waals surface area contributed by atoms with Crippen LogP contribution >= 0.6 is 0 Å². The highest BCUT2D eigenvalue weighted by Gasteiger charge is 2.14. The van der Waals surface area contributed by atoms with Crippen molar-refractivity contribution in [1.82, 2.24) is 20.4 Å². The zero-order valence-corrected chi connectivity index (χ0v) is 14.0. The molecule has 5 nitrogen and oxygen atoms in total. The van der Waals surface area contributed by atoms with Crippen molar-refractivity contribution in [2.75, 3.05) is 14.1 Å². The van der Waals surface area contributed by atoms with Gasteiger partial charge in [-0.3, -0.25) is 15.2 Å². The summed E-state index contributed by atoms with van der Waals surface area (Å²) in [4.78, 5) is 19.8. The molecule has 1 amide bonds. The molecule has 0 unspecified atom stereocenters. The predicted molar refractivity (Wildman–Crippen MR) is 96.3 cm³/mol. The second kappa shape index (κ2) is 7.27. The van der Waals surface area contributed by atoms with E-state index in [1.165, 1.54) is 10.9 Å². The molecule has 2 heterocycles. The number of aromatic amines is 1. The van der Waals surface area contributed by atoms with E-state index in [0.717, 1.165) is 29.7 Å². The molecule has 0 fully saturated rings. The van der Waals surface area contributed by atoms with E-state index in [4.69, 9.17) is 0 Å². The minimum atomic E-state index is 0.0410. The van der Waals surface area contributed by atoms with Crippen molar-refractivity contribution in [2.24, 2.45) is 0 Å². The molecule has 2 N–H and O–H groups in total. The summed E-state index contributed by atoms with van der Waals surface area (Å²) in [6, 6.07) is 14.2. The number of benzene rings is 1. The number of H-pyrrole nitrogens is 1. The molecule has 124 valence electrons. The van der Waals surface area contributed by atoms with Crippen LogP contribution in [0.1, 0.15) is 18.4 Å². The van der Waals surface area contributed by atoms with E-state index in [0.29, 0.717) is 6.42 Å². The van der Waals surface area contributed by atoms with Crippen LogP contribution in [0.3, 0.4) is 0 Å². The van der Waals surface area contributed by atoms with E-state index < -0.39 is 0 Å². The smallest absolute Gasteiger partial charge is 0.234 e. The number of carbonyl (C=O) groups is 1. The van der Waals surface area contributed by atoms with Crippen molar-refractivity contribution in [3.63, 3.8) is 0 Å². The quantitative estimate of drug-likeness (QED) is 0.685. The zero-order chi connectivity index (χ0) is 16.9. The van der Waals surface area contributed by atoms with Gasteiger partial charge in [-0.05, 0) is 36.6 Å². The van der Waals surface area contributed by atoms with Gasteiger partial charge in [0.1, 0.15) is 0 Å². The Bertz CT molecular complexity index is 824. The molecular weight excluding hydrogens is 300 g/mol. The topological polar surface area (TPSA) is 61.0 Å². The van der Waals surface area contributed by atoms with Crippen molar-refractivity contribution in [3.05, 3.63) is 54.2 Å². The van der Waals surface area contributed by atoms with Crippen LogP contribution in [0.4, 0.5) is 0 Å². The largest absolute Gasteiger partial charge is 0.353 e. The Kier molecular flexibility index (Phi) is 4.91. The SMILES string of the molecule is CN(C)NC(=O)CCCc1c(-c2ccccn2)[nH]c2ccccc12. The van der Waals surface area contributed by atoms with Gasteiger partial charge in [-0.25, -0.2) is 5.01 Å². The Hall–Kier alpha value is -2.66. The van der Waals surface area contributed by atoms with Crippen molar-refractivity contribution < 1.29 is 4.79 Å². The molecule has 0 bridgehead atoms. The fraction of sp³-hybridized carbons (Fsp3) is 0.263. The van der Waals surface area contributed by atoms with E-state index in [9.17, 15) is 4.79 Å². The second-order valence-corrected chi connectivity index (χ2v) is 6.02. The van der Waals surface area contributed by atoms with Gasteiger partial charge in [0.25, 0.3) is 0 Å². The average molecular weight is 322 g/mol. The second-order valence-electron chi connectivity index (χ2n) is 6.02. The number of carbonyl (C=O) groups excluding carboxylic acids is 1. The van der Waals surface area contributed by atoms with Crippen LogP contribution in [0.15, 0.2) is 48.7 Å². The van der Waals surface area contributed by atoms with Gasteiger partial charge in [0.15, 0.2) is 0 Å². The van der Waals surface area contributed by atoms with Crippen LogP contribution in [0, 0.1) is 0 Å². The van der Waals surface area contributed by atoms with Gasteiger partial charge in [-0.1, -0.05) is 24.3 Å². The van der Waals surface area contributed by atoms with E-state index in [1.807, 2.05) is 44.4 Å². The Labute approximate surface area is 141 Å². The van der Waals surface area contributed by atoms with Crippen LogP contribution in [-0.2, 0) is 11.2 Å². The number of hydrogen-bond acceptors (Lipinski definition) is 3. The van der Waals surface area contributed by atoms with Gasteiger partial charge in [-0.15, -0.1) is 0 Å². The highest BCUT2D eigenvalue weighted by molar-refractivity contribution is 5.90. The molecule has 0 aliphatic rings. The van der Waals surface area contributed by atoms with Gasteiger partial charge in [0.2, 0.25) is 5.91 Å². The number of hydrogen-bond donors (Lipinski definition) is 2. The van der Waals surface area contributed by atoms with E-state index in [1.54, 1.807) is 11.2 Å². The van der Waals surface area contributed by atoms with Crippen molar-refractivity contribution in [3.8, 4) is 11.4 Å². The van der Waals surface area contributed by atoms with E-state index >= 15 is 0 Å². The van der Waals surface area contributed by atoms with Crippen LogP contribution < -0.4 is 5.43 Å². The first kappa shape index (κ1) is 16.2. The standard InChI is InChI=1S/C19H22N4O/c1-23(2)22-18(24)12-7-9-15-14-8-3-4-10-16(14)21-19(15)17-11-5-6-13-20-17/h3-6,8,10-11,13,21H,7,9,12H2,1-2H3,(H,22,24). The zero-order valence-electron chi connectivity index (χ0n) is 14.0. The maximum absolute atomic E-state index is 11.8. The Balaban J connectivity index is 1.84. The summed E-state index contributed by atoms with van der Waals surface area (Å²) >= 11 is 0. The first-order valence-electron chi connectivity index (χ1n) is 8.13. The first-order chi connectivity index (χ1) is 11.6. The fourth-order valence-electron chi connectivity index (χ4n) is 2.92. The molecule has 3 aromatic rings.